The summed E-state index contributed by atoms with van der Waals surface area (Å²) in [5.74, 6) is 0.893. The second-order valence-corrected chi connectivity index (χ2v) is 8.63. The molecule has 2 aliphatic rings. The van der Waals surface area contributed by atoms with Gasteiger partial charge in [-0.3, -0.25) is 9.69 Å². The Morgan fingerprint density at radius 1 is 1.21 bits per heavy atom. The predicted octanol–water partition coefficient (Wildman–Crippen LogP) is 3.42. The molecule has 132 valence electrons. The second-order valence-electron chi connectivity index (χ2n) is 8.63. The second kappa shape index (κ2) is 7.26. The van der Waals surface area contributed by atoms with Gasteiger partial charge in [-0.1, -0.05) is 45.0 Å². The molecular formula is C21H32N2O. The van der Waals surface area contributed by atoms with Crippen molar-refractivity contribution >= 4 is 5.91 Å². The summed E-state index contributed by atoms with van der Waals surface area (Å²) in [4.78, 5) is 14.7. The molecule has 1 aromatic rings. The van der Waals surface area contributed by atoms with Gasteiger partial charge in [0.15, 0.2) is 0 Å². The van der Waals surface area contributed by atoms with E-state index in [9.17, 15) is 4.79 Å². The highest BCUT2D eigenvalue weighted by atomic mass is 16.2. The van der Waals surface area contributed by atoms with Crippen LogP contribution < -0.4 is 5.32 Å². The van der Waals surface area contributed by atoms with Crippen LogP contribution in [-0.2, 0) is 17.6 Å². The van der Waals surface area contributed by atoms with E-state index in [1.807, 2.05) is 20.8 Å². The molecule has 1 saturated heterocycles. The average molecular weight is 329 g/mol. The fourth-order valence-electron chi connectivity index (χ4n) is 4.11. The van der Waals surface area contributed by atoms with Crippen molar-refractivity contribution in [1.29, 1.82) is 0 Å². The van der Waals surface area contributed by atoms with Crippen molar-refractivity contribution in [3.05, 3.63) is 35.4 Å². The number of rotatable bonds is 4. The predicted molar refractivity (Wildman–Crippen MR) is 99.0 cm³/mol. The number of hydrogen-bond acceptors (Lipinski definition) is 2. The SMILES string of the molecule is CC(C)(C)C(=O)NCC[C@@H]1CCCN(C2Cc3ccccc3C2)C1. The molecule has 1 aliphatic carbocycles. The minimum absolute atomic E-state index is 0.168. The van der Waals surface area contributed by atoms with Crippen molar-refractivity contribution < 1.29 is 4.79 Å². The van der Waals surface area contributed by atoms with E-state index in [-0.39, 0.29) is 11.3 Å². The Kier molecular flexibility index (Phi) is 5.29. The third kappa shape index (κ3) is 4.18. The van der Waals surface area contributed by atoms with Crippen LogP contribution >= 0.6 is 0 Å². The molecule has 3 heteroatoms. The van der Waals surface area contributed by atoms with E-state index in [1.165, 1.54) is 38.8 Å². The lowest BCUT2D eigenvalue weighted by atomic mass is 9.92. The van der Waals surface area contributed by atoms with Gasteiger partial charge in [0, 0.05) is 24.5 Å². The number of nitrogens with zero attached hydrogens (tertiary/aromatic N) is 1. The monoisotopic (exact) mass is 328 g/mol. The lowest BCUT2D eigenvalue weighted by Crippen LogP contribution is -2.44. The van der Waals surface area contributed by atoms with E-state index in [0.717, 1.165) is 18.9 Å². The quantitative estimate of drug-likeness (QED) is 0.918. The van der Waals surface area contributed by atoms with Gasteiger partial charge in [0.1, 0.15) is 0 Å². The third-order valence-electron chi connectivity index (χ3n) is 5.62. The molecule has 1 N–H and O–H groups in total. The smallest absolute Gasteiger partial charge is 0.225 e. The number of hydrogen-bond donors (Lipinski definition) is 1. The highest BCUT2D eigenvalue weighted by Gasteiger charge is 2.30. The van der Waals surface area contributed by atoms with Crippen LogP contribution in [0.15, 0.2) is 24.3 Å². The zero-order chi connectivity index (χ0) is 17.2. The van der Waals surface area contributed by atoms with Crippen LogP contribution in [0.5, 0.6) is 0 Å². The first kappa shape index (κ1) is 17.5. The summed E-state index contributed by atoms with van der Waals surface area (Å²) in [5, 5.41) is 3.11. The molecule has 1 aliphatic heterocycles. The summed E-state index contributed by atoms with van der Waals surface area (Å²) in [5.41, 5.74) is 2.80. The molecule has 1 heterocycles. The van der Waals surface area contributed by atoms with E-state index in [1.54, 1.807) is 11.1 Å². The number of benzene rings is 1. The maximum Gasteiger partial charge on any atom is 0.225 e. The van der Waals surface area contributed by atoms with Gasteiger partial charge in [0.2, 0.25) is 5.91 Å². The van der Waals surface area contributed by atoms with Crippen molar-refractivity contribution in [3.63, 3.8) is 0 Å². The minimum Gasteiger partial charge on any atom is -0.356 e. The Hall–Kier alpha value is -1.35. The van der Waals surface area contributed by atoms with Gasteiger partial charge in [-0.2, -0.15) is 0 Å². The zero-order valence-electron chi connectivity index (χ0n) is 15.5. The van der Waals surface area contributed by atoms with Crippen molar-refractivity contribution in [2.24, 2.45) is 11.3 Å². The van der Waals surface area contributed by atoms with Crippen LogP contribution in [0, 0.1) is 11.3 Å². The lowest BCUT2D eigenvalue weighted by Gasteiger charge is -2.37. The molecule has 0 aromatic heterocycles. The van der Waals surface area contributed by atoms with Crippen LogP contribution in [0.4, 0.5) is 0 Å². The number of carbonyl (C=O) groups is 1. The standard InChI is InChI=1S/C21H32N2O/c1-21(2,3)20(24)22-11-10-16-7-6-12-23(15-16)19-13-17-8-4-5-9-18(17)14-19/h4-5,8-9,16,19H,6-7,10-15H2,1-3H3,(H,22,24)/t16-/m0/s1. The van der Waals surface area contributed by atoms with Crippen molar-refractivity contribution in [3.8, 4) is 0 Å². The maximum atomic E-state index is 12.0. The first-order valence-electron chi connectivity index (χ1n) is 9.52. The van der Waals surface area contributed by atoms with E-state index >= 15 is 0 Å². The first-order valence-corrected chi connectivity index (χ1v) is 9.52. The lowest BCUT2D eigenvalue weighted by molar-refractivity contribution is -0.128. The normalized spacial score (nSPS) is 22.4. The van der Waals surface area contributed by atoms with Crippen molar-refractivity contribution in [2.75, 3.05) is 19.6 Å². The third-order valence-corrected chi connectivity index (χ3v) is 5.62. The summed E-state index contributed by atoms with van der Waals surface area (Å²) in [6.45, 7) is 9.18. The fourth-order valence-corrected chi connectivity index (χ4v) is 4.11. The molecule has 0 spiro atoms. The van der Waals surface area contributed by atoms with Crippen LogP contribution in [0.3, 0.4) is 0 Å². The number of piperidine rings is 1. The van der Waals surface area contributed by atoms with Gasteiger partial charge in [-0.25, -0.2) is 0 Å². The fraction of sp³-hybridized carbons (Fsp3) is 0.667. The Morgan fingerprint density at radius 3 is 2.50 bits per heavy atom. The minimum atomic E-state index is -0.284. The Bertz CT molecular complexity index is 550. The summed E-state index contributed by atoms with van der Waals surface area (Å²) < 4.78 is 0. The highest BCUT2D eigenvalue weighted by molar-refractivity contribution is 5.81. The van der Waals surface area contributed by atoms with Gasteiger partial charge < -0.3 is 5.32 Å². The summed E-state index contributed by atoms with van der Waals surface area (Å²) >= 11 is 0. The molecule has 0 bridgehead atoms. The average Bonchev–Trinajstić information content (AvgIpc) is 2.98. The molecule has 1 fully saturated rings. The molecule has 1 atom stereocenters. The van der Waals surface area contributed by atoms with Gasteiger partial charge in [0.25, 0.3) is 0 Å². The van der Waals surface area contributed by atoms with E-state index in [0.29, 0.717) is 6.04 Å². The van der Waals surface area contributed by atoms with Crippen molar-refractivity contribution in [1.82, 2.24) is 10.2 Å². The van der Waals surface area contributed by atoms with Gasteiger partial charge >= 0.3 is 0 Å². The number of likely N-dealkylation sites (tertiary alicyclic amines) is 1. The van der Waals surface area contributed by atoms with E-state index in [4.69, 9.17) is 0 Å². The van der Waals surface area contributed by atoms with Crippen LogP contribution in [0.25, 0.3) is 0 Å². The topological polar surface area (TPSA) is 32.3 Å². The summed E-state index contributed by atoms with van der Waals surface area (Å²) in [6.07, 6.45) is 6.14. The Balaban J connectivity index is 1.46. The zero-order valence-corrected chi connectivity index (χ0v) is 15.5. The molecule has 1 aromatic carbocycles. The highest BCUT2D eigenvalue weighted by Crippen LogP contribution is 2.29. The Morgan fingerprint density at radius 2 is 1.88 bits per heavy atom. The molecule has 3 rings (SSSR count). The van der Waals surface area contributed by atoms with Crippen LogP contribution in [-0.4, -0.2) is 36.5 Å². The number of carbonyl (C=O) groups excluding carboxylic acids is 1. The maximum absolute atomic E-state index is 12.0. The number of amides is 1. The molecule has 3 nitrogen and oxygen atoms in total. The molecular weight excluding hydrogens is 296 g/mol. The molecule has 0 saturated carbocycles. The molecule has 0 unspecified atom stereocenters. The van der Waals surface area contributed by atoms with Crippen molar-refractivity contribution in [2.45, 2.75) is 58.9 Å². The number of nitrogens with one attached hydrogen (secondary N) is 1. The van der Waals surface area contributed by atoms with E-state index < -0.39 is 0 Å². The molecule has 1 amide bonds. The van der Waals surface area contributed by atoms with E-state index in [2.05, 4.69) is 34.5 Å². The molecule has 0 radical (unpaired) electrons. The first-order chi connectivity index (χ1) is 11.4. The van der Waals surface area contributed by atoms with Crippen LogP contribution in [0.1, 0.15) is 51.2 Å². The van der Waals surface area contributed by atoms with Gasteiger partial charge in [-0.05, 0) is 55.7 Å². The summed E-state index contributed by atoms with van der Waals surface area (Å²) in [7, 11) is 0. The summed E-state index contributed by atoms with van der Waals surface area (Å²) in [6, 6.07) is 9.60. The van der Waals surface area contributed by atoms with Gasteiger partial charge in [-0.15, -0.1) is 0 Å². The largest absolute Gasteiger partial charge is 0.356 e. The Labute approximate surface area is 146 Å². The van der Waals surface area contributed by atoms with Crippen LogP contribution in [0.2, 0.25) is 0 Å². The molecule has 24 heavy (non-hydrogen) atoms. The van der Waals surface area contributed by atoms with Gasteiger partial charge in [0.05, 0.1) is 0 Å². The number of fused-ring (bicyclic) bond motifs is 1.